The third kappa shape index (κ3) is 4.01. The summed E-state index contributed by atoms with van der Waals surface area (Å²) in [6.45, 7) is 0.719. The van der Waals surface area contributed by atoms with E-state index in [2.05, 4.69) is 20.3 Å². The highest BCUT2D eigenvalue weighted by Gasteiger charge is 2.09. The maximum atomic E-state index is 8.82. The van der Waals surface area contributed by atoms with Crippen molar-refractivity contribution in [1.82, 2.24) is 15.0 Å². The Labute approximate surface area is 168 Å². The largest absolute Gasteiger partial charge is 0.431 e. The van der Waals surface area contributed by atoms with Crippen molar-refractivity contribution in [2.24, 2.45) is 0 Å². The molecule has 27 heavy (non-hydrogen) atoms. The van der Waals surface area contributed by atoms with Crippen LogP contribution in [0.2, 0.25) is 5.02 Å². The molecule has 9 heteroatoms. The average molecular weight is 414 g/mol. The van der Waals surface area contributed by atoms with Crippen LogP contribution in [-0.4, -0.2) is 21.5 Å². The number of halogens is 1. The predicted octanol–water partition coefficient (Wildman–Crippen LogP) is 5.12. The molecule has 0 spiro atoms. The SMILES string of the molecule is N#Cc1cnc(Oc2ccc(CCNc3ncnc4scc(Cl)c34)cc2)s1. The number of hydrogen-bond donors (Lipinski definition) is 1. The van der Waals surface area contributed by atoms with Gasteiger partial charge in [0.1, 0.15) is 33.7 Å². The van der Waals surface area contributed by atoms with Crippen LogP contribution in [0.1, 0.15) is 10.4 Å². The number of ether oxygens (including phenoxy) is 1. The number of thiazole rings is 1. The summed E-state index contributed by atoms with van der Waals surface area (Å²) in [6, 6.07) is 9.83. The second kappa shape index (κ2) is 7.88. The summed E-state index contributed by atoms with van der Waals surface area (Å²) in [4.78, 5) is 14.0. The number of nitriles is 1. The van der Waals surface area contributed by atoms with Crippen molar-refractivity contribution in [3.8, 4) is 17.0 Å². The minimum atomic E-state index is 0.460. The summed E-state index contributed by atoms with van der Waals surface area (Å²) in [5.74, 6) is 1.44. The maximum Gasteiger partial charge on any atom is 0.279 e. The Balaban J connectivity index is 1.36. The minimum Gasteiger partial charge on any atom is -0.431 e. The van der Waals surface area contributed by atoms with Gasteiger partial charge in [0, 0.05) is 11.9 Å². The van der Waals surface area contributed by atoms with Gasteiger partial charge in [-0.25, -0.2) is 15.0 Å². The summed E-state index contributed by atoms with van der Waals surface area (Å²) < 4.78 is 5.65. The van der Waals surface area contributed by atoms with Crippen molar-refractivity contribution in [3.05, 3.63) is 57.6 Å². The van der Waals surface area contributed by atoms with Gasteiger partial charge in [-0.1, -0.05) is 35.1 Å². The van der Waals surface area contributed by atoms with Gasteiger partial charge in [-0.2, -0.15) is 5.26 Å². The Kier molecular flexibility index (Phi) is 5.16. The van der Waals surface area contributed by atoms with E-state index in [4.69, 9.17) is 21.6 Å². The van der Waals surface area contributed by atoms with Crippen LogP contribution in [0.25, 0.3) is 10.2 Å². The second-order valence-corrected chi connectivity index (χ2v) is 7.77. The normalized spacial score (nSPS) is 10.7. The van der Waals surface area contributed by atoms with Gasteiger partial charge < -0.3 is 10.1 Å². The van der Waals surface area contributed by atoms with Gasteiger partial charge in [0.25, 0.3) is 5.19 Å². The molecule has 0 saturated carbocycles. The van der Waals surface area contributed by atoms with Crippen molar-refractivity contribution in [2.45, 2.75) is 6.42 Å². The van der Waals surface area contributed by atoms with E-state index in [1.54, 1.807) is 6.33 Å². The van der Waals surface area contributed by atoms with E-state index in [1.165, 1.54) is 28.9 Å². The summed E-state index contributed by atoms with van der Waals surface area (Å²) in [5.41, 5.74) is 1.16. The molecule has 134 valence electrons. The molecule has 0 aliphatic heterocycles. The molecular formula is C18H12ClN5OS2. The predicted molar refractivity (Wildman–Crippen MR) is 108 cm³/mol. The van der Waals surface area contributed by atoms with Crippen LogP contribution in [0, 0.1) is 11.3 Å². The van der Waals surface area contributed by atoms with E-state index in [0.29, 0.717) is 20.8 Å². The lowest BCUT2D eigenvalue weighted by atomic mass is 10.1. The Morgan fingerprint density at radius 1 is 1.19 bits per heavy atom. The van der Waals surface area contributed by atoms with E-state index in [0.717, 1.165) is 34.6 Å². The first-order valence-electron chi connectivity index (χ1n) is 7.97. The summed E-state index contributed by atoms with van der Waals surface area (Å²) in [5, 5.41) is 16.0. The third-order valence-corrected chi connectivity index (χ3v) is 5.85. The van der Waals surface area contributed by atoms with Gasteiger partial charge in [0.15, 0.2) is 0 Å². The Morgan fingerprint density at radius 2 is 2.04 bits per heavy atom. The highest BCUT2D eigenvalue weighted by atomic mass is 35.5. The van der Waals surface area contributed by atoms with Gasteiger partial charge in [0.05, 0.1) is 16.6 Å². The first-order valence-corrected chi connectivity index (χ1v) is 10.0. The fraction of sp³-hybridized carbons (Fsp3) is 0.111. The Bertz CT molecular complexity index is 1120. The first-order chi connectivity index (χ1) is 13.2. The van der Waals surface area contributed by atoms with Gasteiger partial charge in [0.2, 0.25) is 0 Å². The van der Waals surface area contributed by atoms with Gasteiger partial charge in [-0.15, -0.1) is 11.3 Å². The third-order valence-electron chi connectivity index (χ3n) is 3.75. The molecule has 4 aromatic rings. The van der Waals surface area contributed by atoms with E-state index in [9.17, 15) is 0 Å². The van der Waals surface area contributed by atoms with E-state index < -0.39 is 0 Å². The molecule has 6 nitrogen and oxygen atoms in total. The maximum absolute atomic E-state index is 8.82. The number of nitrogens with zero attached hydrogens (tertiary/aromatic N) is 4. The fourth-order valence-electron chi connectivity index (χ4n) is 2.48. The number of hydrogen-bond acceptors (Lipinski definition) is 8. The van der Waals surface area contributed by atoms with Crippen LogP contribution in [0.15, 0.2) is 42.2 Å². The van der Waals surface area contributed by atoms with Crippen LogP contribution in [-0.2, 0) is 6.42 Å². The minimum absolute atomic E-state index is 0.460. The van der Waals surface area contributed by atoms with Crippen LogP contribution < -0.4 is 10.1 Å². The molecule has 1 N–H and O–H groups in total. The zero-order valence-electron chi connectivity index (χ0n) is 13.8. The van der Waals surface area contributed by atoms with Crippen molar-refractivity contribution >= 4 is 50.3 Å². The number of thiophene rings is 1. The highest BCUT2D eigenvalue weighted by molar-refractivity contribution is 7.17. The molecule has 0 radical (unpaired) electrons. The van der Waals surface area contributed by atoms with Gasteiger partial charge in [-0.05, 0) is 24.1 Å². The second-order valence-electron chi connectivity index (χ2n) is 5.51. The van der Waals surface area contributed by atoms with Crippen LogP contribution in [0.3, 0.4) is 0 Å². The lowest BCUT2D eigenvalue weighted by Gasteiger charge is -2.08. The summed E-state index contributed by atoms with van der Waals surface area (Å²) in [6.07, 6.45) is 3.87. The topological polar surface area (TPSA) is 83.7 Å². The van der Waals surface area contributed by atoms with Crippen LogP contribution in [0.5, 0.6) is 10.9 Å². The van der Waals surface area contributed by atoms with E-state index in [-0.39, 0.29) is 0 Å². The smallest absolute Gasteiger partial charge is 0.279 e. The van der Waals surface area contributed by atoms with E-state index >= 15 is 0 Å². The Morgan fingerprint density at radius 3 is 2.81 bits per heavy atom. The van der Waals surface area contributed by atoms with Crippen molar-refractivity contribution < 1.29 is 4.74 Å². The van der Waals surface area contributed by atoms with E-state index in [1.807, 2.05) is 35.7 Å². The van der Waals surface area contributed by atoms with Crippen LogP contribution in [0.4, 0.5) is 5.82 Å². The lowest BCUT2D eigenvalue weighted by molar-refractivity contribution is 0.478. The average Bonchev–Trinajstić information content (AvgIpc) is 3.30. The zero-order valence-corrected chi connectivity index (χ0v) is 16.2. The summed E-state index contributed by atoms with van der Waals surface area (Å²) in [7, 11) is 0. The highest BCUT2D eigenvalue weighted by Crippen LogP contribution is 2.32. The zero-order chi connectivity index (χ0) is 18.6. The molecule has 3 aromatic heterocycles. The number of aromatic nitrogens is 3. The molecule has 3 heterocycles. The molecule has 0 saturated heterocycles. The molecule has 0 aliphatic rings. The quantitative estimate of drug-likeness (QED) is 0.472. The first kappa shape index (κ1) is 17.7. The number of benzene rings is 1. The number of anilines is 1. The van der Waals surface area contributed by atoms with Gasteiger partial charge >= 0.3 is 0 Å². The molecule has 4 rings (SSSR count). The lowest BCUT2D eigenvalue weighted by Crippen LogP contribution is -2.06. The van der Waals surface area contributed by atoms with Crippen molar-refractivity contribution in [2.75, 3.05) is 11.9 Å². The standard InChI is InChI=1S/C18H12ClN5OS2/c19-14-9-26-17-15(14)16(23-10-24-17)21-6-5-11-1-3-12(4-2-11)25-18-22-8-13(7-20)27-18/h1-4,8-10H,5-6H2,(H,21,23,24). The molecule has 0 atom stereocenters. The molecule has 0 aliphatic carbocycles. The number of rotatable bonds is 6. The Hall–Kier alpha value is -2.73. The molecule has 0 fully saturated rings. The number of fused-ring (bicyclic) bond motifs is 1. The number of nitrogens with one attached hydrogen (secondary N) is 1. The molecule has 0 unspecified atom stereocenters. The molecule has 0 bridgehead atoms. The monoisotopic (exact) mass is 413 g/mol. The summed E-state index contributed by atoms with van der Waals surface area (Å²) >= 11 is 8.95. The van der Waals surface area contributed by atoms with Gasteiger partial charge in [-0.3, -0.25) is 0 Å². The van der Waals surface area contributed by atoms with Crippen LogP contribution >= 0.6 is 34.3 Å². The fourth-order valence-corrected chi connectivity index (χ4v) is 4.20. The molecule has 0 amide bonds. The van der Waals surface area contributed by atoms with Crippen molar-refractivity contribution in [1.29, 1.82) is 5.26 Å². The molecular weight excluding hydrogens is 402 g/mol. The molecule has 1 aromatic carbocycles. The van der Waals surface area contributed by atoms with Crippen molar-refractivity contribution in [3.63, 3.8) is 0 Å².